The average Bonchev–Trinajstić information content (AvgIpc) is 2.16. The Kier molecular flexibility index (Phi) is 3.80. The molecule has 0 aliphatic heterocycles. The van der Waals surface area contributed by atoms with Gasteiger partial charge in [-0.3, -0.25) is 0 Å². The molecule has 0 unspecified atom stereocenters. The third-order valence-electron chi connectivity index (χ3n) is 2.01. The first-order valence-electron chi connectivity index (χ1n) is 3.98. The Hall–Kier alpha value is -0.710. The van der Waals surface area contributed by atoms with Gasteiger partial charge in [0.2, 0.25) is 5.88 Å². The van der Waals surface area contributed by atoms with Gasteiger partial charge in [0.25, 0.3) is 6.43 Å². The largest absolute Gasteiger partial charge is 0.481 e. The number of methoxy groups -OCH3 is 1. The van der Waals surface area contributed by atoms with Crippen molar-refractivity contribution in [1.29, 1.82) is 0 Å². The van der Waals surface area contributed by atoms with Crippen LogP contribution in [0.5, 0.6) is 5.88 Å². The molecule has 0 aliphatic carbocycles. The van der Waals surface area contributed by atoms with Gasteiger partial charge in [-0.1, -0.05) is 15.9 Å². The van der Waals surface area contributed by atoms with Crippen LogP contribution in [-0.4, -0.2) is 12.1 Å². The average molecular weight is 266 g/mol. The lowest BCUT2D eigenvalue weighted by molar-refractivity contribution is 0.145. The van der Waals surface area contributed by atoms with Crippen molar-refractivity contribution in [2.75, 3.05) is 7.11 Å². The van der Waals surface area contributed by atoms with E-state index in [1.165, 1.54) is 13.3 Å². The maximum atomic E-state index is 12.7. The standard InChI is InChI=1S/C9H10BrF2NO/c1-5-6(3-10)4-13-9(14-2)7(5)8(11)12/h4,8H,3H2,1-2H3. The fourth-order valence-corrected chi connectivity index (χ4v) is 1.76. The van der Waals surface area contributed by atoms with Crippen LogP contribution in [0.25, 0.3) is 0 Å². The smallest absolute Gasteiger partial charge is 0.269 e. The van der Waals surface area contributed by atoms with E-state index in [0.29, 0.717) is 10.9 Å². The fraction of sp³-hybridized carbons (Fsp3) is 0.444. The molecule has 0 atom stereocenters. The lowest BCUT2D eigenvalue weighted by Gasteiger charge is -2.12. The zero-order chi connectivity index (χ0) is 10.7. The molecule has 14 heavy (non-hydrogen) atoms. The molecule has 1 aromatic rings. The third-order valence-corrected chi connectivity index (χ3v) is 2.61. The third kappa shape index (κ3) is 2.03. The van der Waals surface area contributed by atoms with E-state index in [2.05, 4.69) is 20.9 Å². The highest BCUT2D eigenvalue weighted by molar-refractivity contribution is 9.08. The lowest BCUT2D eigenvalue weighted by Crippen LogP contribution is -2.01. The summed E-state index contributed by atoms with van der Waals surface area (Å²) in [5, 5.41) is 0.509. The number of nitrogens with zero attached hydrogens (tertiary/aromatic N) is 1. The lowest BCUT2D eigenvalue weighted by atomic mass is 10.1. The Bertz CT molecular complexity index is 331. The van der Waals surface area contributed by atoms with Crippen molar-refractivity contribution in [3.05, 3.63) is 22.9 Å². The molecular formula is C9H10BrF2NO. The highest BCUT2D eigenvalue weighted by Crippen LogP contribution is 2.32. The number of rotatable bonds is 3. The van der Waals surface area contributed by atoms with Gasteiger partial charge in [-0.05, 0) is 18.1 Å². The maximum absolute atomic E-state index is 12.7. The normalized spacial score (nSPS) is 10.7. The number of ether oxygens (including phenoxy) is 1. The molecule has 2 nitrogen and oxygen atoms in total. The summed E-state index contributed by atoms with van der Waals surface area (Å²) in [6.45, 7) is 1.64. The van der Waals surface area contributed by atoms with Crippen molar-refractivity contribution >= 4 is 15.9 Å². The molecule has 0 saturated carbocycles. The summed E-state index contributed by atoms with van der Waals surface area (Å²) >= 11 is 3.21. The Labute approximate surface area is 89.4 Å². The molecule has 0 aromatic carbocycles. The zero-order valence-electron chi connectivity index (χ0n) is 7.85. The van der Waals surface area contributed by atoms with Gasteiger partial charge in [-0.25, -0.2) is 13.8 Å². The van der Waals surface area contributed by atoms with Gasteiger partial charge < -0.3 is 4.74 Å². The molecule has 0 aliphatic rings. The van der Waals surface area contributed by atoms with Crippen molar-refractivity contribution in [2.24, 2.45) is 0 Å². The van der Waals surface area contributed by atoms with E-state index in [4.69, 9.17) is 4.74 Å². The molecular weight excluding hydrogens is 256 g/mol. The molecule has 0 fully saturated rings. The van der Waals surface area contributed by atoms with Crippen molar-refractivity contribution in [2.45, 2.75) is 18.7 Å². The Morgan fingerprint density at radius 1 is 1.57 bits per heavy atom. The van der Waals surface area contributed by atoms with E-state index in [1.807, 2.05) is 0 Å². The fourth-order valence-electron chi connectivity index (χ4n) is 1.19. The molecule has 0 radical (unpaired) electrons. The predicted molar refractivity (Wildman–Crippen MR) is 53.1 cm³/mol. The summed E-state index contributed by atoms with van der Waals surface area (Å²) in [6, 6.07) is 0. The zero-order valence-corrected chi connectivity index (χ0v) is 9.44. The summed E-state index contributed by atoms with van der Waals surface area (Å²) in [4.78, 5) is 3.82. The quantitative estimate of drug-likeness (QED) is 0.783. The Morgan fingerprint density at radius 2 is 2.21 bits per heavy atom. The van der Waals surface area contributed by atoms with E-state index >= 15 is 0 Å². The topological polar surface area (TPSA) is 22.1 Å². The van der Waals surface area contributed by atoms with Crippen LogP contribution >= 0.6 is 15.9 Å². The molecule has 0 N–H and O–H groups in total. The number of pyridine rings is 1. The summed E-state index contributed by atoms with van der Waals surface area (Å²) in [6.07, 6.45) is -1.02. The summed E-state index contributed by atoms with van der Waals surface area (Å²) < 4.78 is 30.1. The Balaban J connectivity index is 3.31. The molecule has 1 rings (SSSR count). The molecule has 0 saturated heterocycles. The first-order valence-corrected chi connectivity index (χ1v) is 5.10. The minimum atomic E-state index is -2.56. The first kappa shape index (κ1) is 11.4. The van der Waals surface area contributed by atoms with Gasteiger partial charge in [-0.15, -0.1) is 0 Å². The van der Waals surface area contributed by atoms with Gasteiger partial charge in [0.1, 0.15) is 0 Å². The minimum absolute atomic E-state index is 0.00204. The number of hydrogen-bond acceptors (Lipinski definition) is 2. The highest BCUT2D eigenvalue weighted by Gasteiger charge is 2.19. The molecule has 0 spiro atoms. The van der Waals surface area contributed by atoms with E-state index in [0.717, 1.165) is 5.56 Å². The van der Waals surface area contributed by atoms with Gasteiger partial charge >= 0.3 is 0 Å². The van der Waals surface area contributed by atoms with Gasteiger partial charge in [-0.2, -0.15) is 0 Å². The van der Waals surface area contributed by atoms with E-state index < -0.39 is 6.43 Å². The summed E-state index contributed by atoms with van der Waals surface area (Å²) in [5.74, 6) is 0.00204. The monoisotopic (exact) mass is 265 g/mol. The van der Waals surface area contributed by atoms with Gasteiger partial charge in [0, 0.05) is 11.5 Å². The van der Waals surface area contributed by atoms with Crippen LogP contribution in [0.4, 0.5) is 8.78 Å². The molecule has 1 heterocycles. The van der Waals surface area contributed by atoms with Crippen molar-refractivity contribution in [3.63, 3.8) is 0 Å². The summed E-state index contributed by atoms with van der Waals surface area (Å²) in [7, 11) is 1.33. The molecule has 5 heteroatoms. The summed E-state index contributed by atoms with van der Waals surface area (Å²) in [5.41, 5.74) is 1.16. The van der Waals surface area contributed by atoms with Crippen molar-refractivity contribution in [1.82, 2.24) is 4.98 Å². The van der Waals surface area contributed by atoms with Crippen molar-refractivity contribution < 1.29 is 13.5 Å². The van der Waals surface area contributed by atoms with E-state index in [9.17, 15) is 8.78 Å². The van der Waals surface area contributed by atoms with Crippen molar-refractivity contribution in [3.8, 4) is 5.88 Å². The predicted octanol–water partition coefficient (Wildman–Crippen LogP) is 3.23. The Morgan fingerprint density at radius 3 is 2.64 bits per heavy atom. The highest BCUT2D eigenvalue weighted by atomic mass is 79.9. The maximum Gasteiger partial charge on any atom is 0.269 e. The second-order valence-electron chi connectivity index (χ2n) is 2.77. The number of halogens is 3. The van der Waals surface area contributed by atoms with E-state index in [-0.39, 0.29) is 11.4 Å². The number of hydrogen-bond donors (Lipinski definition) is 0. The van der Waals surface area contributed by atoms with Crippen LogP contribution < -0.4 is 4.74 Å². The minimum Gasteiger partial charge on any atom is -0.481 e. The molecule has 0 bridgehead atoms. The van der Waals surface area contributed by atoms with Gasteiger partial charge in [0.15, 0.2) is 0 Å². The second kappa shape index (κ2) is 4.68. The molecule has 78 valence electrons. The van der Waals surface area contributed by atoms with Gasteiger partial charge in [0.05, 0.1) is 12.7 Å². The molecule has 0 amide bonds. The second-order valence-corrected chi connectivity index (χ2v) is 3.33. The van der Waals surface area contributed by atoms with Crippen LogP contribution in [0.1, 0.15) is 23.1 Å². The SMILES string of the molecule is COc1ncc(CBr)c(C)c1C(F)F. The molecule has 1 aromatic heterocycles. The van der Waals surface area contributed by atoms with Crippen LogP contribution in [-0.2, 0) is 5.33 Å². The van der Waals surface area contributed by atoms with E-state index in [1.54, 1.807) is 6.92 Å². The van der Waals surface area contributed by atoms with Crippen LogP contribution in [0.15, 0.2) is 6.20 Å². The van der Waals surface area contributed by atoms with Crippen LogP contribution in [0.2, 0.25) is 0 Å². The number of alkyl halides is 3. The first-order chi connectivity index (χ1) is 6.61. The van der Waals surface area contributed by atoms with Crippen LogP contribution in [0.3, 0.4) is 0 Å². The van der Waals surface area contributed by atoms with Crippen LogP contribution in [0, 0.1) is 6.92 Å². The number of aromatic nitrogens is 1.